The minimum absolute atomic E-state index is 0.653. The van der Waals surface area contributed by atoms with Crippen LogP contribution in [0.1, 0.15) is 46.0 Å². The van der Waals surface area contributed by atoms with Gasteiger partial charge in [0.05, 0.1) is 6.61 Å². The van der Waals surface area contributed by atoms with Crippen molar-refractivity contribution in [1.82, 2.24) is 15.1 Å². The Hall–Kier alpha value is -0.810. The molecule has 0 bridgehead atoms. The molecule has 140 valence electrons. The smallest absolute Gasteiger partial charge is 0.193 e. The van der Waals surface area contributed by atoms with Crippen molar-refractivity contribution in [3.63, 3.8) is 0 Å². The standard InChI is InChI=1S/C19H38N4O/c1-4-20-19(23-13-9-18(15-23)16-24-3)21-10-5-6-11-22-12-7-8-17(2)14-22/h17-18H,4-16H2,1-3H3,(H,20,21). The summed E-state index contributed by atoms with van der Waals surface area (Å²) in [5.41, 5.74) is 0. The summed E-state index contributed by atoms with van der Waals surface area (Å²) < 4.78 is 5.30. The van der Waals surface area contributed by atoms with Crippen LogP contribution < -0.4 is 5.32 Å². The molecular formula is C19H38N4O. The van der Waals surface area contributed by atoms with E-state index in [9.17, 15) is 0 Å². The number of methoxy groups -OCH3 is 1. The summed E-state index contributed by atoms with van der Waals surface area (Å²) in [6, 6.07) is 0. The number of likely N-dealkylation sites (tertiary alicyclic amines) is 2. The van der Waals surface area contributed by atoms with E-state index >= 15 is 0 Å². The van der Waals surface area contributed by atoms with E-state index < -0.39 is 0 Å². The molecule has 0 saturated carbocycles. The number of rotatable bonds is 8. The molecule has 2 unspecified atom stereocenters. The molecule has 2 atom stereocenters. The molecule has 2 rings (SSSR count). The minimum atomic E-state index is 0.653. The molecule has 2 fully saturated rings. The highest BCUT2D eigenvalue weighted by Gasteiger charge is 2.24. The zero-order valence-electron chi connectivity index (χ0n) is 16.1. The van der Waals surface area contributed by atoms with Crippen molar-refractivity contribution in [3.8, 4) is 0 Å². The molecule has 5 heteroatoms. The van der Waals surface area contributed by atoms with Crippen LogP contribution in [0.25, 0.3) is 0 Å². The molecule has 0 spiro atoms. The lowest BCUT2D eigenvalue weighted by Crippen LogP contribution is -2.40. The van der Waals surface area contributed by atoms with Crippen LogP contribution >= 0.6 is 0 Å². The van der Waals surface area contributed by atoms with E-state index in [0.717, 1.165) is 44.7 Å². The molecule has 0 amide bonds. The predicted octanol–water partition coefficient (Wildman–Crippen LogP) is 2.43. The van der Waals surface area contributed by atoms with Gasteiger partial charge in [-0.1, -0.05) is 6.92 Å². The fourth-order valence-corrected chi connectivity index (χ4v) is 3.94. The Balaban J connectivity index is 1.67. The second-order valence-electron chi connectivity index (χ2n) is 7.55. The highest BCUT2D eigenvalue weighted by atomic mass is 16.5. The molecule has 0 aliphatic carbocycles. The van der Waals surface area contributed by atoms with Crippen molar-refractivity contribution in [2.75, 3.05) is 59.5 Å². The molecule has 0 aromatic heterocycles. The first-order valence-electron chi connectivity index (χ1n) is 9.97. The summed E-state index contributed by atoms with van der Waals surface area (Å²) in [6.07, 6.45) is 6.46. The number of guanidine groups is 1. The minimum Gasteiger partial charge on any atom is -0.384 e. The molecule has 2 saturated heterocycles. The number of hydrogen-bond donors (Lipinski definition) is 1. The molecular weight excluding hydrogens is 300 g/mol. The van der Waals surface area contributed by atoms with E-state index in [0.29, 0.717) is 5.92 Å². The average Bonchev–Trinajstić information content (AvgIpc) is 3.02. The van der Waals surface area contributed by atoms with Gasteiger partial charge in [0.2, 0.25) is 0 Å². The second kappa shape index (κ2) is 10.9. The molecule has 0 aromatic rings. The Morgan fingerprint density at radius 2 is 2.08 bits per heavy atom. The molecule has 24 heavy (non-hydrogen) atoms. The summed E-state index contributed by atoms with van der Waals surface area (Å²) >= 11 is 0. The van der Waals surface area contributed by atoms with Gasteiger partial charge in [0.25, 0.3) is 0 Å². The van der Waals surface area contributed by atoms with Gasteiger partial charge < -0.3 is 19.9 Å². The number of aliphatic imine (C=N–C) groups is 1. The number of hydrogen-bond acceptors (Lipinski definition) is 3. The monoisotopic (exact) mass is 338 g/mol. The van der Waals surface area contributed by atoms with Gasteiger partial charge in [-0.3, -0.25) is 4.99 Å². The lowest BCUT2D eigenvalue weighted by molar-refractivity contribution is 0.157. The maximum Gasteiger partial charge on any atom is 0.193 e. The van der Waals surface area contributed by atoms with Crippen LogP contribution in [0, 0.1) is 11.8 Å². The molecule has 2 aliphatic heterocycles. The zero-order chi connectivity index (χ0) is 17.2. The third-order valence-electron chi connectivity index (χ3n) is 5.21. The molecule has 5 nitrogen and oxygen atoms in total. The lowest BCUT2D eigenvalue weighted by atomic mass is 10.0. The van der Waals surface area contributed by atoms with Crippen LogP contribution in [0.5, 0.6) is 0 Å². The molecule has 0 aromatic carbocycles. The summed E-state index contributed by atoms with van der Waals surface area (Å²) in [7, 11) is 1.80. The van der Waals surface area contributed by atoms with Crippen LogP contribution in [0.4, 0.5) is 0 Å². The lowest BCUT2D eigenvalue weighted by Gasteiger charge is -2.30. The van der Waals surface area contributed by atoms with Crippen LogP contribution in [-0.4, -0.2) is 75.3 Å². The van der Waals surface area contributed by atoms with Gasteiger partial charge in [0.15, 0.2) is 5.96 Å². The van der Waals surface area contributed by atoms with Gasteiger partial charge in [0, 0.05) is 45.8 Å². The first kappa shape index (κ1) is 19.5. The molecule has 2 heterocycles. The maximum atomic E-state index is 5.30. The van der Waals surface area contributed by atoms with Gasteiger partial charge in [-0.25, -0.2) is 0 Å². The van der Waals surface area contributed by atoms with E-state index in [1.165, 1.54) is 51.7 Å². The summed E-state index contributed by atoms with van der Waals surface area (Å²) in [5, 5.41) is 3.46. The summed E-state index contributed by atoms with van der Waals surface area (Å²) in [5.74, 6) is 2.63. The van der Waals surface area contributed by atoms with E-state index in [-0.39, 0.29) is 0 Å². The quantitative estimate of drug-likeness (QED) is 0.419. The van der Waals surface area contributed by atoms with Crippen LogP contribution in [0.2, 0.25) is 0 Å². The third kappa shape index (κ3) is 6.60. The molecule has 0 radical (unpaired) electrons. The molecule has 1 N–H and O–H groups in total. The highest BCUT2D eigenvalue weighted by Crippen LogP contribution is 2.17. The van der Waals surface area contributed by atoms with Gasteiger partial charge >= 0.3 is 0 Å². The molecule has 2 aliphatic rings. The zero-order valence-corrected chi connectivity index (χ0v) is 16.1. The number of ether oxygens (including phenoxy) is 1. The van der Waals surface area contributed by atoms with Gasteiger partial charge in [0.1, 0.15) is 0 Å². The first-order chi connectivity index (χ1) is 11.7. The average molecular weight is 339 g/mol. The number of unbranched alkanes of at least 4 members (excludes halogenated alkanes) is 1. The van der Waals surface area contributed by atoms with Crippen LogP contribution in [0.3, 0.4) is 0 Å². The van der Waals surface area contributed by atoms with E-state index in [4.69, 9.17) is 9.73 Å². The Morgan fingerprint density at radius 3 is 2.83 bits per heavy atom. The van der Waals surface area contributed by atoms with Gasteiger partial charge in [-0.15, -0.1) is 0 Å². The summed E-state index contributed by atoms with van der Waals surface area (Å²) in [4.78, 5) is 9.90. The fourth-order valence-electron chi connectivity index (χ4n) is 3.94. The third-order valence-corrected chi connectivity index (χ3v) is 5.21. The van der Waals surface area contributed by atoms with Crippen molar-refractivity contribution in [3.05, 3.63) is 0 Å². The largest absolute Gasteiger partial charge is 0.384 e. The fraction of sp³-hybridized carbons (Fsp3) is 0.947. The Kier molecular flexibility index (Phi) is 8.89. The van der Waals surface area contributed by atoms with E-state index in [1.807, 2.05) is 0 Å². The van der Waals surface area contributed by atoms with Crippen molar-refractivity contribution in [2.45, 2.75) is 46.0 Å². The second-order valence-corrected chi connectivity index (χ2v) is 7.55. The topological polar surface area (TPSA) is 40.1 Å². The SMILES string of the molecule is CCNC(=NCCCCN1CCCC(C)C1)N1CCC(COC)C1. The summed E-state index contributed by atoms with van der Waals surface area (Å²) in [6.45, 7) is 13.3. The van der Waals surface area contributed by atoms with Gasteiger partial charge in [-0.05, 0) is 58.0 Å². The predicted molar refractivity (Wildman–Crippen MR) is 102 cm³/mol. The van der Waals surface area contributed by atoms with Crippen molar-refractivity contribution in [1.29, 1.82) is 0 Å². The Bertz CT molecular complexity index is 374. The number of nitrogens with zero attached hydrogens (tertiary/aromatic N) is 3. The number of nitrogens with one attached hydrogen (secondary N) is 1. The Morgan fingerprint density at radius 1 is 1.21 bits per heavy atom. The highest BCUT2D eigenvalue weighted by molar-refractivity contribution is 5.80. The normalized spacial score (nSPS) is 26.1. The van der Waals surface area contributed by atoms with Gasteiger partial charge in [-0.2, -0.15) is 0 Å². The van der Waals surface area contributed by atoms with Crippen molar-refractivity contribution < 1.29 is 4.74 Å². The van der Waals surface area contributed by atoms with E-state index in [1.54, 1.807) is 7.11 Å². The van der Waals surface area contributed by atoms with Crippen LogP contribution in [-0.2, 0) is 4.74 Å². The maximum absolute atomic E-state index is 5.30. The van der Waals surface area contributed by atoms with Crippen LogP contribution in [0.15, 0.2) is 4.99 Å². The van der Waals surface area contributed by atoms with Crippen molar-refractivity contribution >= 4 is 5.96 Å². The number of piperidine rings is 1. The Labute approximate surface area is 148 Å². The first-order valence-corrected chi connectivity index (χ1v) is 9.97. The van der Waals surface area contributed by atoms with E-state index in [2.05, 4.69) is 29.0 Å². The van der Waals surface area contributed by atoms with Crippen molar-refractivity contribution in [2.24, 2.45) is 16.8 Å².